The van der Waals surface area contributed by atoms with Crippen LogP contribution in [0.1, 0.15) is 46.0 Å². The first kappa shape index (κ1) is 12.7. The molecule has 2 fully saturated rings. The molecule has 0 aromatic carbocycles. The van der Waals surface area contributed by atoms with Crippen molar-refractivity contribution in [1.82, 2.24) is 10.2 Å². The number of nitrogens with zero attached hydrogens (tertiary/aromatic N) is 2. The zero-order valence-corrected chi connectivity index (χ0v) is 11.6. The van der Waals surface area contributed by atoms with Gasteiger partial charge in [0.1, 0.15) is 0 Å². The third-order valence-electron chi connectivity index (χ3n) is 3.96. The summed E-state index contributed by atoms with van der Waals surface area (Å²) >= 11 is 0. The number of guanidine groups is 1. The first-order valence-electron chi connectivity index (χ1n) is 7.06. The van der Waals surface area contributed by atoms with Gasteiger partial charge in [0.15, 0.2) is 5.96 Å². The summed E-state index contributed by atoms with van der Waals surface area (Å²) in [5, 5.41) is 3.51. The molecule has 0 aromatic heterocycles. The van der Waals surface area contributed by atoms with Gasteiger partial charge >= 0.3 is 0 Å². The quantitative estimate of drug-likeness (QED) is 0.462. The van der Waals surface area contributed by atoms with Gasteiger partial charge in [-0.15, -0.1) is 0 Å². The topological polar surface area (TPSA) is 27.6 Å². The van der Waals surface area contributed by atoms with E-state index in [0.717, 1.165) is 31.5 Å². The van der Waals surface area contributed by atoms with E-state index >= 15 is 0 Å². The second-order valence-electron chi connectivity index (χ2n) is 6.40. The average molecular weight is 237 g/mol. The van der Waals surface area contributed by atoms with E-state index in [4.69, 9.17) is 0 Å². The Morgan fingerprint density at radius 1 is 1.41 bits per heavy atom. The number of aliphatic imine (C=N–C) groups is 1. The molecule has 1 N–H and O–H groups in total. The smallest absolute Gasteiger partial charge is 0.193 e. The number of hydrogen-bond donors (Lipinski definition) is 1. The van der Waals surface area contributed by atoms with Gasteiger partial charge in [-0.2, -0.15) is 0 Å². The lowest BCUT2D eigenvalue weighted by molar-refractivity contribution is 0.370. The van der Waals surface area contributed by atoms with Crippen LogP contribution in [0.4, 0.5) is 0 Å². The summed E-state index contributed by atoms with van der Waals surface area (Å²) < 4.78 is 0. The van der Waals surface area contributed by atoms with Crippen molar-refractivity contribution in [3.63, 3.8) is 0 Å². The Bertz CT molecular complexity index is 279. The van der Waals surface area contributed by atoms with E-state index in [9.17, 15) is 0 Å². The highest BCUT2D eigenvalue weighted by atomic mass is 15.3. The summed E-state index contributed by atoms with van der Waals surface area (Å²) in [5.41, 5.74) is 0.450. The van der Waals surface area contributed by atoms with Gasteiger partial charge < -0.3 is 10.2 Å². The van der Waals surface area contributed by atoms with E-state index in [1.165, 1.54) is 32.1 Å². The summed E-state index contributed by atoms with van der Waals surface area (Å²) in [7, 11) is 1.90. The van der Waals surface area contributed by atoms with Crippen molar-refractivity contribution in [3.8, 4) is 0 Å². The van der Waals surface area contributed by atoms with Crippen molar-refractivity contribution < 1.29 is 0 Å². The lowest BCUT2D eigenvalue weighted by atomic mass is 9.93. The third kappa shape index (κ3) is 3.90. The van der Waals surface area contributed by atoms with Crippen LogP contribution in [0.15, 0.2) is 4.99 Å². The molecule has 1 saturated heterocycles. The summed E-state index contributed by atoms with van der Waals surface area (Å²) in [6.07, 6.45) is 6.90. The Labute approximate surface area is 106 Å². The SMILES string of the molecule is CN=C(NCCCC1CC1)N1CCC(C)(C)C1. The monoisotopic (exact) mass is 237 g/mol. The molecule has 0 unspecified atom stereocenters. The number of likely N-dealkylation sites (tertiary alicyclic amines) is 1. The van der Waals surface area contributed by atoms with Crippen LogP contribution in [0.25, 0.3) is 0 Å². The Morgan fingerprint density at radius 3 is 2.71 bits per heavy atom. The molecule has 98 valence electrons. The van der Waals surface area contributed by atoms with Gasteiger partial charge in [-0.25, -0.2) is 0 Å². The highest BCUT2D eigenvalue weighted by molar-refractivity contribution is 5.80. The molecule has 3 heteroatoms. The fraction of sp³-hybridized carbons (Fsp3) is 0.929. The second kappa shape index (κ2) is 5.28. The molecule has 2 aliphatic rings. The molecule has 0 radical (unpaired) electrons. The van der Waals surface area contributed by atoms with Crippen molar-refractivity contribution in [3.05, 3.63) is 0 Å². The summed E-state index contributed by atoms with van der Waals surface area (Å²) in [6, 6.07) is 0. The molecule has 17 heavy (non-hydrogen) atoms. The predicted octanol–water partition coefficient (Wildman–Crippen LogP) is 2.48. The molecule has 0 amide bonds. The Hall–Kier alpha value is -0.730. The van der Waals surface area contributed by atoms with Gasteiger partial charge in [0.25, 0.3) is 0 Å². The van der Waals surface area contributed by atoms with E-state index in [0.29, 0.717) is 5.41 Å². The van der Waals surface area contributed by atoms with E-state index < -0.39 is 0 Å². The molecule has 1 aliphatic carbocycles. The first-order valence-corrected chi connectivity index (χ1v) is 7.06. The number of rotatable bonds is 4. The fourth-order valence-electron chi connectivity index (χ4n) is 2.62. The standard InChI is InChI=1S/C14H27N3/c1-14(2)8-10-17(11-14)13(15-3)16-9-4-5-12-6-7-12/h12H,4-11H2,1-3H3,(H,15,16). The first-order chi connectivity index (χ1) is 8.11. The van der Waals surface area contributed by atoms with Crippen LogP contribution in [0.2, 0.25) is 0 Å². The van der Waals surface area contributed by atoms with Crippen LogP contribution >= 0.6 is 0 Å². The molecule has 0 aromatic rings. The Balaban J connectivity index is 1.69. The van der Waals surface area contributed by atoms with Crippen molar-refractivity contribution in [2.75, 3.05) is 26.7 Å². The fourth-order valence-corrected chi connectivity index (χ4v) is 2.62. The highest BCUT2D eigenvalue weighted by Crippen LogP contribution is 2.33. The van der Waals surface area contributed by atoms with Crippen LogP contribution < -0.4 is 5.32 Å². The van der Waals surface area contributed by atoms with Crippen LogP contribution in [-0.4, -0.2) is 37.5 Å². The van der Waals surface area contributed by atoms with Crippen LogP contribution in [0, 0.1) is 11.3 Å². The molecule has 2 rings (SSSR count). The summed E-state index contributed by atoms with van der Waals surface area (Å²) in [4.78, 5) is 6.80. The average Bonchev–Trinajstić information content (AvgIpc) is 3.03. The maximum absolute atomic E-state index is 4.40. The van der Waals surface area contributed by atoms with Crippen LogP contribution in [-0.2, 0) is 0 Å². The van der Waals surface area contributed by atoms with Crippen molar-refractivity contribution in [2.45, 2.75) is 46.0 Å². The second-order valence-corrected chi connectivity index (χ2v) is 6.40. The Kier molecular flexibility index (Phi) is 3.95. The molecule has 1 aliphatic heterocycles. The minimum Gasteiger partial charge on any atom is -0.356 e. The van der Waals surface area contributed by atoms with E-state index in [1.807, 2.05) is 7.05 Å². The third-order valence-corrected chi connectivity index (χ3v) is 3.96. The Morgan fingerprint density at radius 2 is 2.18 bits per heavy atom. The molecule has 0 atom stereocenters. The summed E-state index contributed by atoms with van der Waals surface area (Å²) in [6.45, 7) is 8.05. The molecule has 0 spiro atoms. The van der Waals surface area contributed by atoms with Crippen molar-refractivity contribution in [1.29, 1.82) is 0 Å². The predicted molar refractivity (Wildman–Crippen MR) is 73.3 cm³/mol. The zero-order chi connectivity index (χ0) is 12.3. The van der Waals surface area contributed by atoms with Gasteiger partial charge in [-0.05, 0) is 30.6 Å². The van der Waals surface area contributed by atoms with Gasteiger partial charge in [-0.3, -0.25) is 4.99 Å². The normalized spacial score (nSPS) is 24.2. The minimum absolute atomic E-state index is 0.450. The van der Waals surface area contributed by atoms with Crippen LogP contribution in [0.3, 0.4) is 0 Å². The lowest BCUT2D eigenvalue weighted by Gasteiger charge is -2.23. The van der Waals surface area contributed by atoms with Crippen molar-refractivity contribution in [2.24, 2.45) is 16.3 Å². The molecular weight excluding hydrogens is 210 g/mol. The van der Waals surface area contributed by atoms with Crippen molar-refractivity contribution >= 4 is 5.96 Å². The van der Waals surface area contributed by atoms with E-state index in [1.54, 1.807) is 0 Å². The van der Waals surface area contributed by atoms with Gasteiger partial charge in [-0.1, -0.05) is 26.7 Å². The van der Waals surface area contributed by atoms with Gasteiger partial charge in [0.05, 0.1) is 0 Å². The molecule has 1 saturated carbocycles. The highest BCUT2D eigenvalue weighted by Gasteiger charge is 2.30. The number of nitrogens with one attached hydrogen (secondary N) is 1. The van der Waals surface area contributed by atoms with Crippen LogP contribution in [0.5, 0.6) is 0 Å². The van der Waals surface area contributed by atoms with E-state index in [-0.39, 0.29) is 0 Å². The van der Waals surface area contributed by atoms with Gasteiger partial charge in [0.2, 0.25) is 0 Å². The minimum atomic E-state index is 0.450. The largest absolute Gasteiger partial charge is 0.356 e. The molecule has 0 bridgehead atoms. The maximum atomic E-state index is 4.40. The maximum Gasteiger partial charge on any atom is 0.193 e. The van der Waals surface area contributed by atoms with E-state index in [2.05, 4.69) is 29.1 Å². The molecule has 3 nitrogen and oxygen atoms in total. The molecule has 1 heterocycles. The van der Waals surface area contributed by atoms with Gasteiger partial charge in [0, 0.05) is 26.7 Å². The summed E-state index contributed by atoms with van der Waals surface area (Å²) in [5.74, 6) is 2.15. The zero-order valence-electron chi connectivity index (χ0n) is 11.6. The molecular formula is C14H27N3. The number of hydrogen-bond acceptors (Lipinski definition) is 1. The lowest BCUT2D eigenvalue weighted by Crippen LogP contribution is -2.41.